The molecule has 7 saturated heterocycles. The van der Waals surface area contributed by atoms with Gasteiger partial charge in [-0.25, -0.2) is 0 Å². The first-order chi connectivity index (χ1) is 58.0. The second-order valence-electron chi connectivity index (χ2n) is 42.1. The van der Waals surface area contributed by atoms with E-state index in [1.807, 2.05) is 159 Å². The van der Waals surface area contributed by atoms with E-state index in [-0.39, 0.29) is 140 Å². The summed E-state index contributed by atoms with van der Waals surface area (Å²) in [6, 6.07) is 0. The van der Waals surface area contributed by atoms with Gasteiger partial charge in [0.05, 0.1) is 97.6 Å². The summed E-state index contributed by atoms with van der Waals surface area (Å²) < 4.78 is 112. The summed E-state index contributed by atoms with van der Waals surface area (Å²) in [7, 11) is 0. The molecule has 0 aromatic rings. The highest BCUT2D eigenvalue weighted by molar-refractivity contribution is 5.78. The SMILES string of the molecule is CCC(C)(C)C(=O)OCC1CCC2OC3(CCCCC3)OC2C1.CCC(C)(C)C(=O)OCC1COC(C(C)C)O1.CCC(C)(C)C(=O)OCC1COC(C)(C)O1.CCC(C)(C)C(=O)OCC1COC(C)O1.CCC(C)(C)C(=O)OCC1COC2(CCCCC2)O1.CCC1(C)OCC2(CO1)CC1CC2C(C)C1C.CCCC1OCC(COC(=O)C(C)(C)CC)O1. The first-order valence-corrected chi connectivity index (χ1v) is 48.1. The van der Waals surface area contributed by atoms with Gasteiger partial charge in [0, 0.05) is 37.0 Å². The van der Waals surface area contributed by atoms with E-state index < -0.39 is 32.9 Å². The summed E-state index contributed by atoms with van der Waals surface area (Å²) in [6.07, 6.45) is 24.1. The van der Waals surface area contributed by atoms with Gasteiger partial charge in [0.2, 0.25) is 0 Å². The lowest BCUT2D eigenvalue weighted by molar-refractivity contribution is -0.306. The molecule has 7 heterocycles. The molecule has 15 atom stereocenters. The predicted molar refractivity (Wildman–Crippen MR) is 471 cm³/mol. The Labute approximate surface area is 747 Å². The maximum absolute atomic E-state index is 12.1. The van der Waals surface area contributed by atoms with Crippen LogP contribution in [0.25, 0.3) is 0 Å². The van der Waals surface area contributed by atoms with Gasteiger partial charge < -0.3 is 94.7 Å². The van der Waals surface area contributed by atoms with E-state index in [1.54, 1.807) is 0 Å². The lowest BCUT2D eigenvalue weighted by Gasteiger charge is -2.49. The predicted octanol–water partition coefficient (Wildman–Crippen LogP) is 19.4. The van der Waals surface area contributed by atoms with E-state index >= 15 is 0 Å². The molecule has 15 unspecified atom stereocenters. The maximum Gasteiger partial charge on any atom is 0.311 e. The standard InChI is InChI=1S/C19H32O4.C15H26O4.C15H26O2.2C13H24O4.C12H22O4.C11H20O4/c1-4-18(2,3)17(20)21-13-14-8-9-15-16(12-14)23-19(22-15)10-6-5-7-11-19;1-4-14(2,3)13(16)17-10-12-11-18-15(19-12)8-6-5-7-9-15;1-5-14(4)16-8-15(9-17-14)7-12-6-13(15)11(3)10(12)2;1-6-13(4,5)12(14)16-8-10-7-15-11(17-10)9(2)3;1-5-7-11-15-8-10(17-11)9-16-12(14)13(3,4)6-2;1-6-11(2,3)10(13)14-7-9-8-15-12(4,5)16-9;1-5-11(3,4)10(12)14-7-9-6-13-8(2)15-9/h14-16H,4-13H2,1-3H3;12H,4-11H2,1-3H3;10-13H,5-9H2,1-4H3;9-11H,6-8H2,1-5H3;10-11H,5-9H2,1-4H3;9H,6-8H2,1-5H3;8-9H,5-7H2,1-4H3. The Morgan fingerprint density at radius 3 is 1.20 bits per heavy atom. The quantitative estimate of drug-likeness (QED) is 0.0519. The molecule has 26 heteroatoms. The fourth-order valence-electron chi connectivity index (χ4n) is 16.6. The van der Waals surface area contributed by atoms with Crippen molar-refractivity contribution in [2.45, 2.75) is 433 Å². The van der Waals surface area contributed by atoms with Crippen LogP contribution in [0.4, 0.5) is 0 Å². The van der Waals surface area contributed by atoms with Crippen molar-refractivity contribution < 1.29 is 124 Å². The monoisotopic (exact) mass is 1770 g/mol. The van der Waals surface area contributed by atoms with E-state index in [1.165, 1.54) is 38.5 Å². The van der Waals surface area contributed by atoms with Crippen molar-refractivity contribution in [1.29, 1.82) is 0 Å². The summed E-state index contributed by atoms with van der Waals surface area (Å²) in [4.78, 5) is 70.8. The third kappa shape index (κ3) is 32.6. The number of hydrogen-bond donors (Lipinski definition) is 0. The number of esters is 6. The average molecular weight is 1770 g/mol. The Morgan fingerprint density at radius 1 is 0.403 bits per heavy atom. The van der Waals surface area contributed by atoms with Crippen LogP contribution in [0.15, 0.2) is 0 Å². The Bertz CT molecular complexity index is 3190. The Kier molecular flexibility index (Phi) is 42.7. The van der Waals surface area contributed by atoms with E-state index in [9.17, 15) is 28.8 Å². The summed E-state index contributed by atoms with van der Waals surface area (Å²) in [5.41, 5.74) is -2.11. The number of fused-ring (bicyclic) bond motifs is 4. The van der Waals surface area contributed by atoms with Crippen molar-refractivity contribution in [1.82, 2.24) is 0 Å². The molecule has 7 aliphatic heterocycles. The Balaban J connectivity index is 0.000000225. The zero-order chi connectivity index (χ0) is 92.5. The molecule has 0 N–H and O–H groups in total. The van der Waals surface area contributed by atoms with Crippen LogP contribution in [-0.2, 0) is 124 Å². The molecule has 12 fully saturated rings. The van der Waals surface area contributed by atoms with E-state index in [0.29, 0.717) is 70.1 Å². The molecule has 12 rings (SSSR count). The largest absolute Gasteiger partial charge is 0.465 e. The van der Waals surface area contributed by atoms with E-state index in [0.717, 1.165) is 152 Å². The molecule has 26 nitrogen and oxygen atoms in total. The maximum atomic E-state index is 12.1. The summed E-state index contributed by atoms with van der Waals surface area (Å²) in [6.45, 7) is 61.9. The van der Waals surface area contributed by atoms with Gasteiger partial charge in [0.15, 0.2) is 42.0 Å². The molecule has 5 saturated carbocycles. The van der Waals surface area contributed by atoms with Crippen LogP contribution in [0.2, 0.25) is 0 Å². The van der Waals surface area contributed by atoms with Gasteiger partial charge in [-0.1, -0.05) is 102 Å². The van der Waals surface area contributed by atoms with Gasteiger partial charge >= 0.3 is 35.8 Å². The average Bonchev–Trinajstić information content (AvgIpc) is 1.57. The van der Waals surface area contributed by atoms with Crippen molar-refractivity contribution >= 4 is 35.8 Å². The third-order valence-corrected chi connectivity index (χ3v) is 28.6. The van der Waals surface area contributed by atoms with Gasteiger partial charge in [0.25, 0.3) is 0 Å². The van der Waals surface area contributed by atoms with Gasteiger partial charge in [-0.15, -0.1) is 0 Å². The molecule has 722 valence electrons. The number of carbonyl (C=O) groups excluding carboxylic acids is 6. The molecule has 0 aromatic carbocycles. The van der Waals surface area contributed by atoms with Crippen molar-refractivity contribution in [3.05, 3.63) is 0 Å². The van der Waals surface area contributed by atoms with Crippen LogP contribution in [0.3, 0.4) is 0 Å². The normalized spacial score (nSPS) is 31.5. The highest BCUT2D eigenvalue weighted by atomic mass is 16.8. The van der Waals surface area contributed by atoms with Gasteiger partial charge in [-0.2, -0.15) is 0 Å². The minimum atomic E-state index is -0.558. The van der Waals surface area contributed by atoms with Crippen LogP contribution in [0.1, 0.15) is 348 Å². The lowest BCUT2D eigenvalue weighted by atomic mass is 9.66. The summed E-state index contributed by atoms with van der Waals surface area (Å²) in [5.74, 6) is 1.80. The third-order valence-electron chi connectivity index (χ3n) is 28.6. The van der Waals surface area contributed by atoms with Crippen molar-refractivity contribution in [3.8, 4) is 0 Å². The summed E-state index contributed by atoms with van der Waals surface area (Å²) >= 11 is 0. The lowest BCUT2D eigenvalue weighted by Crippen LogP contribution is -2.52. The van der Waals surface area contributed by atoms with Crippen molar-refractivity contribution in [2.24, 2.45) is 73.4 Å². The van der Waals surface area contributed by atoms with Crippen LogP contribution in [-0.4, -0.2) is 206 Å². The molecule has 12 aliphatic rings. The zero-order valence-corrected chi connectivity index (χ0v) is 82.5. The molecular formula is C98H174O26. The van der Waals surface area contributed by atoms with Crippen LogP contribution in [0.5, 0.6) is 0 Å². The molecule has 0 radical (unpaired) electrons. The van der Waals surface area contributed by atoms with Gasteiger partial charge in [-0.05, 0) is 250 Å². The molecule has 0 aromatic heterocycles. The molecule has 2 bridgehead atoms. The number of hydrogen-bond acceptors (Lipinski definition) is 26. The van der Waals surface area contributed by atoms with Crippen LogP contribution >= 0.6 is 0 Å². The summed E-state index contributed by atoms with van der Waals surface area (Å²) in [5, 5.41) is 0. The van der Waals surface area contributed by atoms with Crippen LogP contribution in [0, 0.1) is 73.4 Å². The van der Waals surface area contributed by atoms with Crippen LogP contribution < -0.4 is 0 Å². The van der Waals surface area contributed by atoms with E-state index in [2.05, 4.69) is 34.6 Å². The Hall–Kier alpha value is -3.74. The molecule has 124 heavy (non-hydrogen) atoms. The van der Waals surface area contributed by atoms with Gasteiger partial charge in [0.1, 0.15) is 63.6 Å². The second-order valence-corrected chi connectivity index (χ2v) is 42.1. The number of ether oxygens (including phenoxy) is 20. The minimum Gasteiger partial charge on any atom is -0.465 e. The minimum absolute atomic E-state index is 0.0746. The van der Waals surface area contributed by atoms with Gasteiger partial charge in [-0.3, -0.25) is 28.8 Å². The first kappa shape index (κ1) is 109. The van der Waals surface area contributed by atoms with E-state index in [4.69, 9.17) is 94.7 Å². The second kappa shape index (κ2) is 48.6. The zero-order valence-electron chi connectivity index (χ0n) is 82.5. The fourth-order valence-corrected chi connectivity index (χ4v) is 16.6. The Morgan fingerprint density at radius 2 is 0.806 bits per heavy atom. The highest BCUT2D eigenvalue weighted by Gasteiger charge is 2.60. The molecular weight excluding hydrogens is 1590 g/mol. The number of carbonyl (C=O) groups is 6. The molecule has 0 amide bonds. The first-order valence-electron chi connectivity index (χ1n) is 48.1. The molecule has 3 spiro atoms. The van der Waals surface area contributed by atoms with Crippen molar-refractivity contribution in [2.75, 3.05) is 85.9 Å². The number of rotatable bonds is 28. The molecule has 5 aliphatic carbocycles. The fraction of sp³-hybridized carbons (Fsp3) is 0.939. The smallest absolute Gasteiger partial charge is 0.311 e. The topological polar surface area (TPSA) is 287 Å². The van der Waals surface area contributed by atoms with Crippen molar-refractivity contribution in [3.63, 3.8) is 0 Å². The highest BCUT2D eigenvalue weighted by Crippen LogP contribution is 2.63.